The van der Waals surface area contributed by atoms with Gasteiger partial charge in [-0.2, -0.15) is 0 Å². The zero-order chi connectivity index (χ0) is 12.4. The Balaban J connectivity index is 2.31. The Bertz CT molecular complexity index is 557. The van der Waals surface area contributed by atoms with Crippen LogP contribution in [0, 0.1) is 11.6 Å². The van der Waals surface area contributed by atoms with Gasteiger partial charge in [0.05, 0.1) is 11.4 Å². The number of anilines is 4. The number of nitrogen functional groups attached to an aromatic ring is 2. The molecule has 1 heterocycles. The highest BCUT2D eigenvalue weighted by Crippen LogP contribution is 2.22. The first-order valence-corrected chi connectivity index (χ1v) is 4.80. The first-order valence-electron chi connectivity index (χ1n) is 4.80. The maximum absolute atomic E-state index is 13.3. The molecule has 5 N–H and O–H groups in total. The van der Waals surface area contributed by atoms with E-state index in [0.29, 0.717) is 11.5 Å². The van der Waals surface area contributed by atoms with E-state index in [1.165, 1.54) is 12.1 Å². The van der Waals surface area contributed by atoms with Gasteiger partial charge in [0.15, 0.2) is 0 Å². The first kappa shape index (κ1) is 11.1. The summed E-state index contributed by atoms with van der Waals surface area (Å²) in [6, 6.07) is 6.14. The largest absolute Gasteiger partial charge is 0.396 e. The summed E-state index contributed by atoms with van der Waals surface area (Å²) in [5.74, 6) is -0.700. The third kappa shape index (κ3) is 2.41. The number of nitrogens with two attached hydrogens (primary N) is 2. The number of nitrogens with zero attached hydrogens (tertiary/aromatic N) is 1. The van der Waals surface area contributed by atoms with Crippen molar-refractivity contribution < 1.29 is 8.78 Å². The molecule has 1 aromatic carbocycles. The van der Waals surface area contributed by atoms with Gasteiger partial charge in [-0.05, 0) is 24.3 Å². The van der Waals surface area contributed by atoms with Crippen LogP contribution in [0.15, 0.2) is 30.3 Å². The molecular weight excluding hydrogens is 226 g/mol. The zero-order valence-corrected chi connectivity index (χ0v) is 8.74. The van der Waals surface area contributed by atoms with E-state index in [4.69, 9.17) is 11.5 Å². The number of pyridine rings is 1. The highest BCUT2D eigenvalue weighted by Gasteiger charge is 2.05. The molecule has 2 aromatic rings. The van der Waals surface area contributed by atoms with Crippen LogP contribution in [-0.2, 0) is 0 Å². The molecule has 0 aliphatic heterocycles. The molecule has 0 spiro atoms. The van der Waals surface area contributed by atoms with Gasteiger partial charge in [0.2, 0.25) is 0 Å². The van der Waals surface area contributed by atoms with E-state index in [-0.39, 0.29) is 11.5 Å². The Kier molecular flexibility index (Phi) is 2.78. The summed E-state index contributed by atoms with van der Waals surface area (Å²) in [5.41, 5.74) is 11.3. The minimum absolute atomic E-state index is 0.0123. The lowest BCUT2D eigenvalue weighted by molar-refractivity contribution is 0.603. The van der Waals surface area contributed by atoms with Crippen molar-refractivity contribution in [2.24, 2.45) is 0 Å². The van der Waals surface area contributed by atoms with Crippen LogP contribution in [0.25, 0.3) is 0 Å². The molecule has 2 rings (SSSR count). The molecule has 0 saturated carbocycles. The van der Waals surface area contributed by atoms with Crippen LogP contribution in [0.4, 0.5) is 31.8 Å². The Labute approximate surface area is 96.3 Å². The summed E-state index contributed by atoms with van der Waals surface area (Å²) >= 11 is 0. The van der Waals surface area contributed by atoms with Gasteiger partial charge in [-0.1, -0.05) is 0 Å². The molecule has 0 bridgehead atoms. The van der Waals surface area contributed by atoms with Crippen molar-refractivity contribution in [2.75, 3.05) is 16.8 Å². The molecule has 0 saturated heterocycles. The van der Waals surface area contributed by atoms with E-state index in [1.54, 1.807) is 0 Å². The van der Waals surface area contributed by atoms with E-state index in [2.05, 4.69) is 10.3 Å². The van der Waals surface area contributed by atoms with Crippen molar-refractivity contribution in [3.8, 4) is 0 Å². The number of aromatic nitrogens is 1. The van der Waals surface area contributed by atoms with Crippen molar-refractivity contribution >= 4 is 23.0 Å². The van der Waals surface area contributed by atoms with E-state index in [9.17, 15) is 8.78 Å². The lowest BCUT2D eigenvalue weighted by Gasteiger charge is -2.08. The fraction of sp³-hybridized carbons (Fsp3) is 0. The lowest BCUT2D eigenvalue weighted by atomic mass is 10.3. The molecule has 88 valence electrons. The summed E-state index contributed by atoms with van der Waals surface area (Å²) < 4.78 is 26.2. The average Bonchev–Trinajstić information content (AvgIpc) is 2.29. The molecule has 0 radical (unpaired) electrons. The second-order valence-electron chi connectivity index (χ2n) is 3.42. The van der Waals surface area contributed by atoms with Crippen molar-refractivity contribution in [3.63, 3.8) is 0 Å². The molecule has 4 nitrogen and oxygen atoms in total. The molecule has 17 heavy (non-hydrogen) atoms. The van der Waals surface area contributed by atoms with E-state index >= 15 is 0 Å². The summed E-state index contributed by atoms with van der Waals surface area (Å²) in [5, 5.41) is 2.62. The Morgan fingerprint density at radius 3 is 2.53 bits per heavy atom. The van der Waals surface area contributed by atoms with Crippen LogP contribution in [0.1, 0.15) is 0 Å². The predicted octanol–water partition coefficient (Wildman–Crippen LogP) is 2.27. The van der Waals surface area contributed by atoms with Crippen LogP contribution in [0.3, 0.4) is 0 Å². The molecule has 0 aliphatic rings. The van der Waals surface area contributed by atoms with Gasteiger partial charge >= 0.3 is 0 Å². The summed E-state index contributed by atoms with van der Waals surface area (Å²) in [6.07, 6.45) is 0. The lowest BCUT2D eigenvalue weighted by Crippen LogP contribution is -2.02. The van der Waals surface area contributed by atoms with E-state index in [1.807, 2.05) is 0 Å². The van der Waals surface area contributed by atoms with Gasteiger partial charge in [0, 0.05) is 6.07 Å². The molecular formula is C11H10F2N4. The second-order valence-corrected chi connectivity index (χ2v) is 3.42. The minimum Gasteiger partial charge on any atom is -0.396 e. The van der Waals surface area contributed by atoms with Crippen LogP contribution < -0.4 is 16.8 Å². The van der Waals surface area contributed by atoms with E-state index < -0.39 is 11.6 Å². The number of nitrogens with one attached hydrogen (secondary N) is 1. The zero-order valence-electron chi connectivity index (χ0n) is 8.74. The predicted molar refractivity (Wildman–Crippen MR) is 62.7 cm³/mol. The second kappa shape index (κ2) is 4.25. The molecule has 0 unspecified atom stereocenters. The van der Waals surface area contributed by atoms with Crippen molar-refractivity contribution in [1.29, 1.82) is 0 Å². The highest BCUT2D eigenvalue weighted by molar-refractivity contribution is 5.65. The molecule has 0 atom stereocenters. The summed E-state index contributed by atoms with van der Waals surface area (Å²) in [7, 11) is 0. The van der Waals surface area contributed by atoms with Crippen LogP contribution in [-0.4, -0.2) is 4.98 Å². The maximum Gasteiger partial charge on any atom is 0.149 e. The third-order valence-corrected chi connectivity index (χ3v) is 2.15. The summed E-state index contributed by atoms with van der Waals surface area (Å²) in [4.78, 5) is 3.89. The van der Waals surface area contributed by atoms with Gasteiger partial charge < -0.3 is 16.8 Å². The standard InChI is InChI=1S/C11H10F2N4/c12-6-1-2-7(13)9(5-6)16-10-4-3-8(14)11(15)17-10/h1-5H,14H2,(H3,15,16,17). The Morgan fingerprint density at radius 2 is 1.82 bits per heavy atom. The number of hydrogen-bond acceptors (Lipinski definition) is 4. The fourth-order valence-electron chi connectivity index (χ4n) is 1.29. The number of halogens is 2. The Morgan fingerprint density at radius 1 is 1.06 bits per heavy atom. The van der Waals surface area contributed by atoms with Crippen LogP contribution in [0.2, 0.25) is 0 Å². The molecule has 0 aliphatic carbocycles. The van der Waals surface area contributed by atoms with Crippen molar-refractivity contribution in [1.82, 2.24) is 4.98 Å². The maximum atomic E-state index is 13.3. The van der Waals surface area contributed by atoms with Gasteiger partial charge in [0.1, 0.15) is 23.3 Å². The van der Waals surface area contributed by atoms with Gasteiger partial charge in [-0.25, -0.2) is 13.8 Å². The summed E-state index contributed by atoms with van der Waals surface area (Å²) in [6.45, 7) is 0. The van der Waals surface area contributed by atoms with Gasteiger partial charge in [-0.3, -0.25) is 0 Å². The van der Waals surface area contributed by atoms with Crippen molar-refractivity contribution in [3.05, 3.63) is 42.0 Å². The topological polar surface area (TPSA) is 77.0 Å². The van der Waals surface area contributed by atoms with Crippen LogP contribution >= 0.6 is 0 Å². The number of benzene rings is 1. The normalized spacial score (nSPS) is 10.2. The SMILES string of the molecule is Nc1ccc(Nc2cc(F)ccc2F)nc1N. The molecule has 0 amide bonds. The molecule has 6 heteroatoms. The smallest absolute Gasteiger partial charge is 0.149 e. The number of rotatable bonds is 2. The highest BCUT2D eigenvalue weighted by atomic mass is 19.1. The Hall–Kier alpha value is -2.37. The van der Waals surface area contributed by atoms with Gasteiger partial charge in [0.25, 0.3) is 0 Å². The van der Waals surface area contributed by atoms with E-state index in [0.717, 1.165) is 18.2 Å². The number of hydrogen-bond donors (Lipinski definition) is 3. The van der Waals surface area contributed by atoms with Gasteiger partial charge in [-0.15, -0.1) is 0 Å². The molecule has 1 aromatic heterocycles. The fourth-order valence-corrected chi connectivity index (χ4v) is 1.29. The van der Waals surface area contributed by atoms with Crippen LogP contribution in [0.5, 0.6) is 0 Å². The monoisotopic (exact) mass is 236 g/mol. The average molecular weight is 236 g/mol. The minimum atomic E-state index is -0.580. The first-order chi connectivity index (χ1) is 8.06. The third-order valence-electron chi connectivity index (χ3n) is 2.15. The quantitative estimate of drug-likeness (QED) is 0.747. The molecule has 0 fully saturated rings. The van der Waals surface area contributed by atoms with Crippen molar-refractivity contribution in [2.45, 2.75) is 0 Å².